The van der Waals surface area contributed by atoms with Gasteiger partial charge in [-0.2, -0.15) is 0 Å². The van der Waals surface area contributed by atoms with Gasteiger partial charge in [-0.05, 0) is 61.8 Å². The molecule has 0 saturated carbocycles. The number of carbonyl (C=O) groups excluding carboxylic acids is 1. The topological polar surface area (TPSA) is 44.4 Å². The number of hydrogen-bond donors (Lipinski definition) is 2. The van der Waals surface area contributed by atoms with Crippen LogP contribution in [-0.2, 0) is 17.9 Å². The van der Waals surface area contributed by atoms with Crippen molar-refractivity contribution < 1.29 is 4.79 Å². The first-order chi connectivity index (χ1) is 11.7. The smallest absolute Gasteiger partial charge is 0.224 e. The maximum Gasteiger partial charge on any atom is 0.224 e. The molecule has 0 spiro atoms. The molecule has 4 nitrogen and oxygen atoms in total. The lowest BCUT2D eigenvalue weighted by Gasteiger charge is -2.28. The summed E-state index contributed by atoms with van der Waals surface area (Å²) in [5.74, 6) is 0.751. The van der Waals surface area contributed by atoms with E-state index in [9.17, 15) is 4.79 Å². The zero-order valence-electron chi connectivity index (χ0n) is 14.7. The number of amides is 1. The molecule has 2 N–H and O–H groups in total. The number of nitrogens with one attached hydrogen (secondary N) is 2. The normalized spacial score (nSPS) is 28.8. The van der Waals surface area contributed by atoms with Gasteiger partial charge in [0.25, 0.3) is 0 Å². The number of fused-ring (bicyclic) bond motifs is 3. The van der Waals surface area contributed by atoms with Crippen molar-refractivity contribution in [1.82, 2.24) is 10.2 Å². The molecule has 3 aliphatic rings. The van der Waals surface area contributed by atoms with E-state index in [0.29, 0.717) is 24.4 Å². The fraction of sp³-hybridized carbons (Fsp3) is 0.650. The number of benzene rings is 1. The Morgan fingerprint density at radius 3 is 2.79 bits per heavy atom. The maximum atomic E-state index is 12.6. The Morgan fingerprint density at radius 2 is 2.04 bits per heavy atom. The van der Waals surface area contributed by atoms with Gasteiger partial charge in [-0.25, -0.2) is 0 Å². The molecule has 4 rings (SSSR count). The summed E-state index contributed by atoms with van der Waals surface area (Å²) in [4.78, 5) is 15.0. The van der Waals surface area contributed by atoms with Crippen molar-refractivity contribution in [3.8, 4) is 0 Å². The van der Waals surface area contributed by atoms with Crippen LogP contribution in [0.1, 0.15) is 56.6 Å². The Kier molecular flexibility index (Phi) is 4.59. The molecule has 2 bridgehead atoms. The molecule has 3 aliphatic heterocycles. The van der Waals surface area contributed by atoms with Gasteiger partial charge in [0.2, 0.25) is 5.91 Å². The van der Waals surface area contributed by atoms with E-state index in [2.05, 4.69) is 40.7 Å². The fourth-order valence-electron chi connectivity index (χ4n) is 4.89. The lowest BCUT2D eigenvalue weighted by molar-refractivity contribution is -0.117. The fourth-order valence-corrected chi connectivity index (χ4v) is 4.89. The third kappa shape index (κ3) is 3.35. The molecule has 0 radical (unpaired) electrons. The Morgan fingerprint density at radius 1 is 1.25 bits per heavy atom. The van der Waals surface area contributed by atoms with Crippen LogP contribution in [-0.4, -0.2) is 29.4 Å². The van der Waals surface area contributed by atoms with Gasteiger partial charge in [-0.3, -0.25) is 9.69 Å². The summed E-state index contributed by atoms with van der Waals surface area (Å²) in [6.07, 6.45) is 6.78. The predicted octanol–water partition coefficient (Wildman–Crippen LogP) is 3.27. The van der Waals surface area contributed by atoms with E-state index in [1.54, 1.807) is 0 Å². The highest BCUT2D eigenvalue weighted by Gasteiger charge is 2.34. The molecule has 3 heterocycles. The highest BCUT2D eigenvalue weighted by atomic mass is 16.1. The van der Waals surface area contributed by atoms with E-state index in [1.807, 2.05) is 0 Å². The molecule has 1 amide bonds. The standard InChI is InChI=1S/C20H29N3O/c1-2-8-23-12-15-4-3-5-19(18(15)13-23)22-20(24)11-14-9-16-6-7-17(10-14)21-16/h3-5,14,16-17,21H,2,6-13H2,1H3,(H,22,24). The maximum absolute atomic E-state index is 12.6. The second-order valence-electron chi connectivity index (χ2n) is 7.88. The molecule has 130 valence electrons. The number of rotatable bonds is 5. The van der Waals surface area contributed by atoms with Crippen molar-refractivity contribution in [2.75, 3.05) is 11.9 Å². The zero-order valence-corrected chi connectivity index (χ0v) is 14.7. The molecule has 1 aromatic rings. The molecule has 1 aromatic carbocycles. The van der Waals surface area contributed by atoms with Crippen LogP contribution in [0.4, 0.5) is 5.69 Å². The highest BCUT2D eigenvalue weighted by Crippen LogP contribution is 2.33. The third-order valence-corrected chi connectivity index (χ3v) is 5.91. The summed E-state index contributed by atoms with van der Waals surface area (Å²) in [5.41, 5.74) is 3.74. The third-order valence-electron chi connectivity index (χ3n) is 5.91. The first-order valence-electron chi connectivity index (χ1n) is 9.60. The average molecular weight is 327 g/mol. The molecule has 2 unspecified atom stereocenters. The second-order valence-corrected chi connectivity index (χ2v) is 7.88. The van der Waals surface area contributed by atoms with Gasteiger partial charge in [-0.15, -0.1) is 0 Å². The molecule has 4 heteroatoms. The van der Waals surface area contributed by atoms with Gasteiger partial charge in [0.15, 0.2) is 0 Å². The molecular formula is C20H29N3O. The number of nitrogens with zero attached hydrogens (tertiary/aromatic N) is 1. The minimum atomic E-state index is 0.198. The van der Waals surface area contributed by atoms with E-state index in [-0.39, 0.29) is 5.91 Å². The van der Waals surface area contributed by atoms with E-state index in [0.717, 1.165) is 25.3 Å². The van der Waals surface area contributed by atoms with Gasteiger partial charge in [0, 0.05) is 37.3 Å². The van der Waals surface area contributed by atoms with E-state index < -0.39 is 0 Å². The van der Waals surface area contributed by atoms with Crippen LogP contribution in [0.3, 0.4) is 0 Å². The SMILES string of the molecule is CCCN1Cc2cccc(NC(=O)CC3CC4CCC(C3)N4)c2C1. The Labute approximate surface area is 145 Å². The quantitative estimate of drug-likeness (QED) is 0.872. The summed E-state index contributed by atoms with van der Waals surface area (Å²) in [5, 5.41) is 6.87. The largest absolute Gasteiger partial charge is 0.326 e. The Hall–Kier alpha value is -1.39. The molecule has 2 atom stereocenters. The Balaban J connectivity index is 1.38. The molecule has 0 aliphatic carbocycles. The van der Waals surface area contributed by atoms with Crippen molar-refractivity contribution in [3.63, 3.8) is 0 Å². The summed E-state index contributed by atoms with van der Waals surface area (Å²) in [7, 11) is 0. The van der Waals surface area contributed by atoms with Crippen LogP contribution in [0.2, 0.25) is 0 Å². The van der Waals surface area contributed by atoms with Crippen LogP contribution in [0, 0.1) is 5.92 Å². The zero-order chi connectivity index (χ0) is 16.5. The predicted molar refractivity (Wildman–Crippen MR) is 96.8 cm³/mol. The van der Waals surface area contributed by atoms with Crippen molar-refractivity contribution in [3.05, 3.63) is 29.3 Å². The molecule has 2 fully saturated rings. The van der Waals surface area contributed by atoms with Gasteiger partial charge in [0.05, 0.1) is 0 Å². The summed E-state index contributed by atoms with van der Waals surface area (Å²) in [6.45, 7) is 5.33. The monoisotopic (exact) mass is 327 g/mol. The number of hydrogen-bond acceptors (Lipinski definition) is 3. The summed E-state index contributed by atoms with van der Waals surface area (Å²) in [6, 6.07) is 7.66. The summed E-state index contributed by atoms with van der Waals surface area (Å²) < 4.78 is 0. The number of piperidine rings is 1. The summed E-state index contributed by atoms with van der Waals surface area (Å²) >= 11 is 0. The molecule has 24 heavy (non-hydrogen) atoms. The molecular weight excluding hydrogens is 298 g/mol. The van der Waals surface area contributed by atoms with Gasteiger partial charge >= 0.3 is 0 Å². The van der Waals surface area contributed by atoms with Crippen molar-refractivity contribution in [2.24, 2.45) is 5.92 Å². The molecule has 0 aromatic heterocycles. The van der Waals surface area contributed by atoms with E-state index in [4.69, 9.17) is 0 Å². The van der Waals surface area contributed by atoms with Gasteiger partial charge in [0.1, 0.15) is 0 Å². The Bertz CT molecular complexity index is 603. The molecule has 2 saturated heterocycles. The van der Waals surface area contributed by atoms with Gasteiger partial charge in [-0.1, -0.05) is 19.1 Å². The van der Waals surface area contributed by atoms with Gasteiger partial charge < -0.3 is 10.6 Å². The van der Waals surface area contributed by atoms with E-state index >= 15 is 0 Å². The first kappa shape index (κ1) is 16.1. The average Bonchev–Trinajstić information content (AvgIpc) is 3.11. The van der Waals surface area contributed by atoms with Crippen LogP contribution in [0.15, 0.2) is 18.2 Å². The van der Waals surface area contributed by atoms with Crippen molar-refractivity contribution in [1.29, 1.82) is 0 Å². The van der Waals surface area contributed by atoms with Crippen LogP contribution in [0.25, 0.3) is 0 Å². The second kappa shape index (κ2) is 6.85. The lowest BCUT2D eigenvalue weighted by Crippen LogP contribution is -2.39. The van der Waals surface area contributed by atoms with Crippen LogP contribution in [0.5, 0.6) is 0 Å². The minimum absolute atomic E-state index is 0.198. The van der Waals surface area contributed by atoms with Crippen LogP contribution < -0.4 is 10.6 Å². The number of carbonyl (C=O) groups is 1. The number of anilines is 1. The van der Waals surface area contributed by atoms with Crippen molar-refractivity contribution in [2.45, 2.75) is 70.6 Å². The van der Waals surface area contributed by atoms with Crippen LogP contribution >= 0.6 is 0 Å². The van der Waals surface area contributed by atoms with E-state index in [1.165, 1.54) is 43.2 Å². The minimum Gasteiger partial charge on any atom is -0.326 e. The van der Waals surface area contributed by atoms with Crippen molar-refractivity contribution >= 4 is 11.6 Å². The highest BCUT2D eigenvalue weighted by molar-refractivity contribution is 5.92. The lowest BCUT2D eigenvalue weighted by atomic mass is 9.89. The first-order valence-corrected chi connectivity index (χ1v) is 9.60.